The number of thioether (sulfide) groups is 2. The minimum Gasteiger partial charge on any atom is -0.293 e. The lowest BCUT2D eigenvalue weighted by Gasteiger charge is -2.13. The van der Waals surface area contributed by atoms with Gasteiger partial charge in [-0.25, -0.2) is 8.78 Å². The average molecular weight is 457 g/mol. The Kier molecular flexibility index (Phi) is 7.81. The van der Waals surface area contributed by atoms with E-state index in [2.05, 4.69) is 0 Å². The fourth-order valence-corrected chi connectivity index (χ4v) is 4.13. The second-order valence-corrected chi connectivity index (χ2v) is 7.72. The van der Waals surface area contributed by atoms with Crippen LogP contribution in [-0.2, 0) is 6.18 Å². The predicted octanol–water partition coefficient (Wildman–Crippen LogP) is 5.88. The van der Waals surface area contributed by atoms with Crippen LogP contribution >= 0.6 is 23.5 Å². The maximum atomic E-state index is 13.7. The summed E-state index contributed by atoms with van der Waals surface area (Å²) in [6.07, 6.45) is -3.35. The first kappa shape index (κ1) is 23.6. The van der Waals surface area contributed by atoms with Crippen LogP contribution in [0.5, 0.6) is 0 Å². The van der Waals surface area contributed by atoms with Crippen LogP contribution in [0.2, 0.25) is 0 Å². The number of hydrogen-bond acceptors (Lipinski definition) is 5. The zero-order valence-corrected chi connectivity index (χ0v) is 16.9. The van der Waals surface area contributed by atoms with E-state index in [-0.39, 0.29) is 4.24 Å². The number of benzene rings is 2. The molecule has 2 aromatic carbocycles. The third-order valence-corrected chi connectivity index (χ3v) is 6.08. The number of carbonyl (C=O) groups excluding carboxylic acids is 2. The van der Waals surface area contributed by atoms with Gasteiger partial charge >= 0.3 is 6.18 Å². The molecule has 3 nitrogen and oxygen atoms in total. The standard InChI is InChI=1S/C20H12F5NO2S2/c1-29-19(30-10-16(27)17-14(21)7-4-8-15(17)22)12(9-26)18(28)11-5-2-3-6-13(11)20(23,24)25/h2-8H,10H2,1H3/b19-12-. The van der Waals surface area contributed by atoms with E-state index in [0.29, 0.717) is 11.8 Å². The number of hydrogen-bond donors (Lipinski definition) is 0. The van der Waals surface area contributed by atoms with E-state index in [1.165, 1.54) is 12.3 Å². The van der Waals surface area contributed by atoms with E-state index in [4.69, 9.17) is 0 Å². The summed E-state index contributed by atoms with van der Waals surface area (Å²) in [6, 6.07) is 8.49. The van der Waals surface area contributed by atoms with E-state index >= 15 is 0 Å². The third kappa shape index (κ3) is 5.29. The lowest BCUT2D eigenvalue weighted by Crippen LogP contribution is -2.15. The fraction of sp³-hybridized carbons (Fsp3) is 0.150. The molecule has 10 heteroatoms. The van der Waals surface area contributed by atoms with Crippen molar-refractivity contribution in [2.45, 2.75) is 6.18 Å². The highest BCUT2D eigenvalue weighted by molar-refractivity contribution is 8.22. The molecule has 0 bridgehead atoms. The molecule has 2 rings (SSSR count). The summed E-state index contributed by atoms with van der Waals surface area (Å²) < 4.78 is 67.0. The maximum absolute atomic E-state index is 13.7. The summed E-state index contributed by atoms with van der Waals surface area (Å²) in [5.74, 6) is -4.74. The molecular formula is C20H12F5NO2S2. The van der Waals surface area contributed by atoms with Crippen LogP contribution in [0.15, 0.2) is 52.3 Å². The summed E-state index contributed by atoms with van der Waals surface area (Å²) in [5.41, 5.74) is -3.26. The van der Waals surface area contributed by atoms with E-state index in [1.807, 2.05) is 0 Å². The molecule has 30 heavy (non-hydrogen) atoms. The molecule has 0 aromatic heterocycles. The van der Waals surface area contributed by atoms with Crippen LogP contribution in [-0.4, -0.2) is 23.6 Å². The molecule has 0 atom stereocenters. The van der Waals surface area contributed by atoms with Gasteiger partial charge in [-0.15, -0.1) is 23.5 Å². The number of halogens is 5. The molecule has 0 fully saturated rings. The number of carbonyl (C=O) groups is 2. The number of rotatable bonds is 7. The maximum Gasteiger partial charge on any atom is 0.417 e. The number of nitrogens with zero attached hydrogens (tertiary/aromatic N) is 1. The predicted molar refractivity (Wildman–Crippen MR) is 105 cm³/mol. The van der Waals surface area contributed by atoms with Crippen molar-refractivity contribution in [1.29, 1.82) is 5.26 Å². The smallest absolute Gasteiger partial charge is 0.293 e. The molecule has 0 aliphatic heterocycles. The zero-order chi connectivity index (χ0) is 22.5. The van der Waals surface area contributed by atoms with Crippen molar-refractivity contribution in [3.63, 3.8) is 0 Å². The molecule has 0 heterocycles. The monoisotopic (exact) mass is 457 g/mol. The van der Waals surface area contributed by atoms with Crippen LogP contribution < -0.4 is 0 Å². The molecule has 0 radical (unpaired) electrons. The van der Waals surface area contributed by atoms with Gasteiger partial charge in [0.25, 0.3) is 0 Å². The van der Waals surface area contributed by atoms with Gasteiger partial charge in [0.1, 0.15) is 23.3 Å². The molecule has 0 saturated heterocycles. The normalized spacial score (nSPS) is 12.2. The quantitative estimate of drug-likeness (QED) is 0.225. The molecule has 0 spiro atoms. The Morgan fingerprint density at radius 1 is 1.03 bits per heavy atom. The molecule has 0 N–H and O–H groups in total. The largest absolute Gasteiger partial charge is 0.417 e. The highest BCUT2D eigenvalue weighted by atomic mass is 32.2. The van der Waals surface area contributed by atoms with Crippen LogP contribution in [0.1, 0.15) is 26.3 Å². The van der Waals surface area contributed by atoms with E-state index in [0.717, 1.165) is 48.2 Å². The van der Waals surface area contributed by atoms with Crippen molar-refractivity contribution in [1.82, 2.24) is 0 Å². The first-order valence-electron chi connectivity index (χ1n) is 8.11. The second kappa shape index (κ2) is 9.91. The minimum atomic E-state index is -4.81. The van der Waals surface area contributed by atoms with E-state index in [1.54, 1.807) is 6.07 Å². The van der Waals surface area contributed by atoms with Crippen molar-refractivity contribution in [2.75, 3.05) is 12.0 Å². The Balaban J connectivity index is 2.37. The summed E-state index contributed by atoms with van der Waals surface area (Å²) in [5, 5.41) is 9.38. The zero-order valence-electron chi connectivity index (χ0n) is 15.2. The summed E-state index contributed by atoms with van der Waals surface area (Å²) in [6.45, 7) is 0. The van der Waals surface area contributed by atoms with Gasteiger partial charge in [0.15, 0.2) is 5.78 Å². The molecule has 0 saturated carbocycles. The highest BCUT2D eigenvalue weighted by Crippen LogP contribution is 2.36. The third-order valence-electron chi connectivity index (χ3n) is 3.78. The Hall–Kier alpha value is -2.64. The van der Waals surface area contributed by atoms with Gasteiger partial charge in [-0.05, 0) is 24.5 Å². The van der Waals surface area contributed by atoms with Gasteiger partial charge < -0.3 is 0 Å². The summed E-state index contributed by atoms with van der Waals surface area (Å²) in [4.78, 5) is 24.8. The molecule has 0 aliphatic carbocycles. The number of nitriles is 1. The van der Waals surface area contributed by atoms with Crippen molar-refractivity contribution in [2.24, 2.45) is 0 Å². The highest BCUT2D eigenvalue weighted by Gasteiger charge is 2.36. The SMILES string of the molecule is CS/C(SCC(=O)c1c(F)cccc1F)=C(\C#N)C(=O)c1ccccc1C(F)(F)F. The van der Waals surface area contributed by atoms with Crippen LogP contribution in [0.4, 0.5) is 22.0 Å². The molecule has 2 aromatic rings. The Bertz CT molecular complexity index is 1040. The lowest BCUT2D eigenvalue weighted by atomic mass is 9.99. The lowest BCUT2D eigenvalue weighted by molar-refractivity contribution is -0.137. The summed E-state index contributed by atoms with van der Waals surface area (Å²) >= 11 is 1.51. The number of alkyl halides is 3. The Labute approximate surface area is 177 Å². The Morgan fingerprint density at radius 3 is 2.17 bits per heavy atom. The minimum absolute atomic E-state index is 0.0374. The number of Topliss-reactive ketones (excluding diaryl/α,β-unsaturated/α-hetero) is 2. The molecule has 0 unspecified atom stereocenters. The summed E-state index contributed by atoms with van der Waals surface area (Å²) in [7, 11) is 0. The molecule has 0 aliphatic rings. The first-order valence-corrected chi connectivity index (χ1v) is 10.3. The fourth-order valence-electron chi connectivity index (χ4n) is 2.45. The first-order chi connectivity index (χ1) is 14.1. The number of ketones is 2. The molecular weight excluding hydrogens is 445 g/mol. The van der Waals surface area contributed by atoms with Crippen LogP contribution in [0.3, 0.4) is 0 Å². The van der Waals surface area contributed by atoms with Gasteiger partial charge in [-0.2, -0.15) is 18.4 Å². The van der Waals surface area contributed by atoms with Crippen LogP contribution in [0.25, 0.3) is 0 Å². The van der Waals surface area contributed by atoms with Crippen molar-refractivity contribution in [3.05, 3.63) is 80.6 Å². The van der Waals surface area contributed by atoms with Crippen molar-refractivity contribution >= 4 is 35.1 Å². The molecule has 156 valence electrons. The van der Waals surface area contributed by atoms with Crippen molar-refractivity contribution in [3.8, 4) is 6.07 Å². The van der Waals surface area contributed by atoms with E-state index < -0.39 is 57.4 Å². The average Bonchev–Trinajstić information content (AvgIpc) is 2.70. The van der Waals surface area contributed by atoms with Gasteiger partial charge in [0, 0.05) is 5.56 Å². The van der Waals surface area contributed by atoms with Crippen LogP contribution in [0, 0.1) is 23.0 Å². The van der Waals surface area contributed by atoms with Gasteiger partial charge in [0.05, 0.1) is 21.1 Å². The number of allylic oxidation sites excluding steroid dienone is 1. The molecule has 0 amide bonds. The van der Waals surface area contributed by atoms with Crippen molar-refractivity contribution < 1.29 is 31.5 Å². The van der Waals surface area contributed by atoms with Gasteiger partial charge in [0.2, 0.25) is 5.78 Å². The van der Waals surface area contributed by atoms with E-state index in [9.17, 15) is 36.8 Å². The topological polar surface area (TPSA) is 57.9 Å². The Morgan fingerprint density at radius 2 is 1.63 bits per heavy atom. The second-order valence-electron chi connectivity index (χ2n) is 5.66. The van der Waals surface area contributed by atoms with Gasteiger partial charge in [-0.3, -0.25) is 9.59 Å². The van der Waals surface area contributed by atoms with Gasteiger partial charge in [-0.1, -0.05) is 24.3 Å².